The molecule has 1 aromatic carbocycles. The maximum absolute atomic E-state index is 12.6. The number of rotatable bonds is 8. The van der Waals surface area contributed by atoms with Crippen molar-refractivity contribution < 1.29 is 4.79 Å². The van der Waals surface area contributed by atoms with E-state index in [1.165, 1.54) is 0 Å². The lowest BCUT2D eigenvalue weighted by molar-refractivity contribution is -0.130. The Hall–Kier alpha value is -2.80. The largest absolute Gasteiger partial charge is 0.341 e. The molecule has 0 aliphatic heterocycles. The third kappa shape index (κ3) is 4.92. The molecule has 28 heavy (non-hydrogen) atoms. The number of hydrogen-bond donors (Lipinski definition) is 1. The van der Waals surface area contributed by atoms with Gasteiger partial charge in [-0.1, -0.05) is 24.6 Å². The minimum absolute atomic E-state index is 0.0633. The molecule has 0 spiro atoms. The monoisotopic (exact) mass is 396 g/mol. The van der Waals surface area contributed by atoms with E-state index < -0.39 is 0 Å². The summed E-state index contributed by atoms with van der Waals surface area (Å²) in [7, 11) is 1.81. The van der Waals surface area contributed by atoms with Crippen molar-refractivity contribution in [3.05, 3.63) is 69.5 Å². The second kappa shape index (κ2) is 9.41. The Morgan fingerprint density at radius 3 is 2.79 bits per heavy atom. The third-order valence-electron chi connectivity index (χ3n) is 4.73. The van der Waals surface area contributed by atoms with Crippen LogP contribution in [-0.2, 0) is 17.9 Å². The predicted molar refractivity (Wildman–Crippen MR) is 113 cm³/mol. The summed E-state index contributed by atoms with van der Waals surface area (Å²) in [6.07, 6.45) is 6.44. The minimum Gasteiger partial charge on any atom is -0.341 e. The zero-order chi connectivity index (χ0) is 19.9. The zero-order valence-corrected chi connectivity index (χ0v) is 16.7. The molecule has 1 amide bonds. The van der Waals surface area contributed by atoms with Gasteiger partial charge >= 0.3 is 0 Å². The van der Waals surface area contributed by atoms with Gasteiger partial charge < -0.3 is 9.88 Å². The van der Waals surface area contributed by atoms with E-state index in [9.17, 15) is 9.59 Å². The molecule has 0 aliphatic carbocycles. The van der Waals surface area contributed by atoms with Crippen molar-refractivity contribution in [2.45, 2.75) is 38.8 Å². The molecule has 0 atom stereocenters. The van der Waals surface area contributed by atoms with Crippen LogP contribution < -0.4 is 5.56 Å². The third-order valence-corrected chi connectivity index (χ3v) is 5.05. The molecular formula is C21H24N4O2S. The SMILES string of the molecule is CN(Cc1cccnc1)C(=O)CCCCCn1c(=S)[nH]c2ccccc2c1=O. The van der Waals surface area contributed by atoms with Crippen LogP contribution in [0.25, 0.3) is 10.9 Å². The molecule has 0 saturated carbocycles. The van der Waals surface area contributed by atoms with E-state index in [2.05, 4.69) is 9.97 Å². The van der Waals surface area contributed by atoms with Gasteiger partial charge in [0.05, 0.1) is 10.9 Å². The van der Waals surface area contributed by atoms with Crippen LogP contribution in [0, 0.1) is 4.77 Å². The lowest BCUT2D eigenvalue weighted by atomic mass is 10.1. The first-order valence-electron chi connectivity index (χ1n) is 9.41. The Labute approximate surface area is 168 Å². The number of amides is 1. The number of hydrogen-bond acceptors (Lipinski definition) is 4. The Morgan fingerprint density at radius 2 is 2.00 bits per heavy atom. The van der Waals surface area contributed by atoms with Crippen LogP contribution in [0.4, 0.5) is 0 Å². The fraction of sp³-hybridized carbons (Fsp3) is 0.333. The standard InChI is InChI=1S/C21H24N4O2S/c1-24(15-16-8-7-12-22-14-16)19(26)11-3-2-6-13-25-20(27)17-9-4-5-10-18(17)23-21(25)28/h4-5,7-10,12,14H,2-3,6,11,13,15H2,1H3,(H,23,28). The number of unbranched alkanes of at least 4 members (excludes halogenated alkanes) is 2. The van der Waals surface area contributed by atoms with Crippen LogP contribution in [0.2, 0.25) is 0 Å². The maximum atomic E-state index is 12.6. The highest BCUT2D eigenvalue weighted by Crippen LogP contribution is 2.09. The topological polar surface area (TPSA) is 71.0 Å². The summed E-state index contributed by atoms with van der Waals surface area (Å²) in [6.45, 7) is 1.12. The lowest BCUT2D eigenvalue weighted by Crippen LogP contribution is -2.26. The van der Waals surface area contributed by atoms with Gasteiger partial charge in [0.1, 0.15) is 0 Å². The molecule has 0 saturated heterocycles. The number of H-pyrrole nitrogens is 1. The second-order valence-corrected chi connectivity index (χ2v) is 7.24. The quantitative estimate of drug-likeness (QED) is 0.466. The van der Waals surface area contributed by atoms with Gasteiger partial charge in [-0.25, -0.2) is 0 Å². The summed E-state index contributed by atoms with van der Waals surface area (Å²) in [4.78, 5) is 33.8. The van der Waals surface area contributed by atoms with E-state index in [0.717, 1.165) is 30.3 Å². The van der Waals surface area contributed by atoms with Gasteiger partial charge in [0.25, 0.3) is 5.56 Å². The first-order chi connectivity index (χ1) is 13.6. The fourth-order valence-corrected chi connectivity index (χ4v) is 3.45. The highest BCUT2D eigenvalue weighted by atomic mass is 32.1. The van der Waals surface area contributed by atoms with Gasteiger partial charge in [0.2, 0.25) is 5.91 Å². The highest BCUT2D eigenvalue weighted by Gasteiger charge is 2.09. The van der Waals surface area contributed by atoms with Crippen molar-refractivity contribution in [3.8, 4) is 0 Å². The first-order valence-corrected chi connectivity index (χ1v) is 9.82. The summed E-state index contributed by atoms with van der Waals surface area (Å²) in [6, 6.07) is 11.2. The average Bonchev–Trinajstić information content (AvgIpc) is 2.70. The van der Waals surface area contributed by atoms with Crippen LogP contribution in [0.5, 0.6) is 0 Å². The number of benzene rings is 1. The van der Waals surface area contributed by atoms with Crippen LogP contribution in [0.15, 0.2) is 53.6 Å². The van der Waals surface area contributed by atoms with Crippen molar-refractivity contribution in [1.29, 1.82) is 0 Å². The fourth-order valence-electron chi connectivity index (χ4n) is 3.17. The number of carbonyl (C=O) groups is 1. The first kappa shape index (κ1) is 19.9. The Kier molecular flexibility index (Phi) is 6.71. The number of nitrogens with one attached hydrogen (secondary N) is 1. The number of para-hydroxylation sites is 1. The molecule has 0 bridgehead atoms. The van der Waals surface area contributed by atoms with E-state index in [1.54, 1.807) is 27.9 Å². The predicted octanol–water partition coefficient (Wildman–Crippen LogP) is 3.67. The van der Waals surface area contributed by atoms with E-state index in [1.807, 2.05) is 37.4 Å². The normalized spacial score (nSPS) is 10.9. The minimum atomic E-state index is -0.0633. The summed E-state index contributed by atoms with van der Waals surface area (Å²) < 4.78 is 2.05. The molecule has 0 fully saturated rings. The molecule has 7 heteroatoms. The zero-order valence-electron chi connectivity index (χ0n) is 15.9. The van der Waals surface area contributed by atoms with Gasteiger partial charge in [-0.3, -0.25) is 19.1 Å². The van der Waals surface area contributed by atoms with Crippen molar-refractivity contribution in [2.24, 2.45) is 0 Å². The number of aromatic amines is 1. The van der Waals surface area contributed by atoms with E-state index >= 15 is 0 Å². The molecule has 2 aromatic heterocycles. The number of nitrogens with zero attached hydrogens (tertiary/aromatic N) is 3. The van der Waals surface area contributed by atoms with Crippen molar-refractivity contribution in [3.63, 3.8) is 0 Å². The highest BCUT2D eigenvalue weighted by molar-refractivity contribution is 7.71. The molecular weight excluding hydrogens is 372 g/mol. The Balaban J connectivity index is 1.47. The summed E-state index contributed by atoms with van der Waals surface area (Å²) in [5.41, 5.74) is 1.71. The summed E-state index contributed by atoms with van der Waals surface area (Å²) in [5.74, 6) is 0.115. The van der Waals surface area contributed by atoms with E-state index in [0.29, 0.717) is 29.7 Å². The molecule has 0 radical (unpaired) electrons. The molecule has 6 nitrogen and oxygen atoms in total. The van der Waals surface area contributed by atoms with E-state index in [-0.39, 0.29) is 11.5 Å². The van der Waals surface area contributed by atoms with Crippen LogP contribution in [0.1, 0.15) is 31.2 Å². The van der Waals surface area contributed by atoms with Crippen molar-refractivity contribution >= 4 is 29.0 Å². The molecule has 146 valence electrons. The smallest absolute Gasteiger partial charge is 0.262 e. The van der Waals surface area contributed by atoms with Crippen LogP contribution in [-0.4, -0.2) is 32.4 Å². The second-order valence-electron chi connectivity index (χ2n) is 6.85. The summed E-state index contributed by atoms with van der Waals surface area (Å²) >= 11 is 5.32. The van der Waals surface area contributed by atoms with Crippen LogP contribution in [0.3, 0.4) is 0 Å². The van der Waals surface area contributed by atoms with Gasteiger partial charge in [-0.2, -0.15) is 0 Å². The number of pyridine rings is 1. The van der Waals surface area contributed by atoms with Gasteiger partial charge in [0, 0.05) is 39.0 Å². The number of aromatic nitrogens is 3. The average molecular weight is 397 g/mol. The number of carbonyl (C=O) groups excluding carboxylic acids is 1. The molecule has 0 aliphatic rings. The van der Waals surface area contributed by atoms with E-state index in [4.69, 9.17) is 12.2 Å². The van der Waals surface area contributed by atoms with Gasteiger partial charge in [0.15, 0.2) is 4.77 Å². The Bertz CT molecular complexity index is 1060. The lowest BCUT2D eigenvalue weighted by Gasteiger charge is -2.17. The Morgan fingerprint density at radius 1 is 1.18 bits per heavy atom. The molecule has 0 unspecified atom stereocenters. The molecule has 3 rings (SSSR count). The maximum Gasteiger partial charge on any atom is 0.262 e. The van der Waals surface area contributed by atoms with Crippen LogP contribution >= 0.6 is 12.2 Å². The molecule has 3 aromatic rings. The van der Waals surface area contributed by atoms with Gasteiger partial charge in [-0.05, 0) is 48.8 Å². The van der Waals surface area contributed by atoms with Gasteiger partial charge in [-0.15, -0.1) is 0 Å². The molecule has 2 heterocycles. The summed E-state index contributed by atoms with van der Waals surface area (Å²) in [5, 5.41) is 0.642. The number of fused-ring (bicyclic) bond motifs is 1. The van der Waals surface area contributed by atoms with Crippen molar-refractivity contribution in [2.75, 3.05) is 7.05 Å². The van der Waals surface area contributed by atoms with Crippen molar-refractivity contribution in [1.82, 2.24) is 19.4 Å². The molecule has 1 N–H and O–H groups in total.